The van der Waals surface area contributed by atoms with Gasteiger partial charge in [0.25, 0.3) is 5.79 Å². The molecular formula is C18H32O5Si. The van der Waals surface area contributed by atoms with Crippen molar-refractivity contribution in [2.24, 2.45) is 0 Å². The maximum absolute atomic E-state index is 12.1. The van der Waals surface area contributed by atoms with E-state index in [-0.39, 0.29) is 10.8 Å². The molecule has 0 radical (unpaired) electrons. The first kappa shape index (κ1) is 19.8. The first-order chi connectivity index (χ1) is 11.0. The molecule has 1 fully saturated rings. The molecule has 2 aliphatic rings. The Balaban J connectivity index is 1.75. The Morgan fingerprint density at radius 2 is 2.00 bits per heavy atom. The number of ketones is 1. The minimum absolute atomic E-state index is 0.109. The van der Waals surface area contributed by atoms with E-state index < -0.39 is 19.9 Å². The summed E-state index contributed by atoms with van der Waals surface area (Å²) in [6.45, 7) is 12.3. The first-order valence-electron chi connectivity index (χ1n) is 8.94. The molecule has 1 spiro atoms. The van der Waals surface area contributed by atoms with Gasteiger partial charge in [-0.1, -0.05) is 20.8 Å². The predicted octanol–water partition coefficient (Wildman–Crippen LogP) is 3.53. The average Bonchev–Trinajstić information content (AvgIpc) is 2.79. The molecule has 0 aromatic rings. The van der Waals surface area contributed by atoms with Crippen molar-refractivity contribution in [1.29, 1.82) is 0 Å². The number of ether oxygens (including phenoxy) is 2. The second kappa shape index (κ2) is 7.00. The highest BCUT2D eigenvalue weighted by atomic mass is 28.4. The minimum atomic E-state index is -1.72. The summed E-state index contributed by atoms with van der Waals surface area (Å²) < 4.78 is 17.3. The number of Topliss-reactive ketones (excluding diaryl/α,β-unsaturated/α-hetero) is 1. The van der Waals surface area contributed by atoms with Crippen molar-refractivity contribution >= 4 is 14.1 Å². The molecule has 2 heterocycles. The van der Waals surface area contributed by atoms with Crippen LogP contribution < -0.4 is 0 Å². The molecule has 2 unspecified atom stereocenters. The summed E-state index contributed by atoms with van der Waals surface area (Å²) in [7, 11) is -1.72. The van der Waals surface area contributed by atoms with E-state index in [2.05, 4.69) is 33.9 Å². The van der Waals surface area contributed by atoms with E-state index in [1.165, 1.54) is 0 Å². The number of rotatable bonds is 6. The van der Waals surface area contributed by atoms with Crippen LogP contribution in [0.3, 0.4) is 0 Å². The monoisotopic (exact) mass is 356 g/mol. The quantitative estimate of drug-likeness (QED) is 0.448. The van der Waals surface area contributed by atoms with Gasteiger partial charge in [0, 0.05) is 19.4 Å². The van der Waals surface area contributed by atoms with E-state index in [0.717, 1.165) is 12.8 Å². The van der Waals surface area contributed by atoms with Crippen LogP contribution >= 0.6 is 0 Å². The van der Waals surface area contributed by atoms with Crippen LogP contribution in [-0.4, -0.2) is 44.0 Å². The zero-order chi connectivity index (χ0) is 18.1. The van der Waals surface area contributed by atoms with E-state index >= 15 is 0 Å². The zero-order valence-electron chi connectivity index (χ0n) is 15.7. The molecule has 0 bridgehead atoms. The number of carbonyl (C=O) groups excluding carboxylic acids is 1. The fourth-order valence-electron chi connectivity index (χ4n) is 2.67. The molecule has 0 saturated carbocycles. The fraction of sp³-hybridized carbons (Fsp3) is 0.833. The lowest BCUT2D eigenvalue weighted by atomic mass is 10.0. The molecule has 0 aromatic heterocycles. The first-order valence-corrected chi connectivity index (χ1v) is 11.8. The van der Waals surface area contributed by atoms with Crippen molar-refractivity contribution in [3.63, 3.8) is 0 Å². The molecule has 0 amide bonds. The van der Waals surface area contributed by atoms with Gasteiger partial charge in [-0.15, -0.1) is 0 Å². The molecule has 24 heavy (non-hydrogen) atoms. The van der Waals surface area contributed by atoms with Crippen molar-refractivity contribution in [2.45, 2.75) is 82.6 Å². The lowest BCUT2D eigenvalue weighted by Gasteiger charge is -2.36. The maximum Gasteiger partial charge on any atom is 0.252 e. The normalized spacial score (nSPS) is 31.2. The average molecular weight is 357 g/mol. The Morgan fingerprint density at radius 1 is 1.29 bits per heavy atom. The fourth-order valence-corrected chi connectivity index (χ4v) is 3.76. The lowest BCUT2D eigenvalue weighted by Crippen LogP contribution is -2.47. The zero-order valence-corrected chi connectivity index (χ0v) is 16.7. The molecule has 138 valence electrons. The molecule has 5 nitrogen and oxygen atoms in total. The van der Waals surface area contributed by atoms with Gasteiger partial charge >= 0.3 is 0 Å². The van der Waals surface area contributed by atoms with Gasteiger partial charge in [-0.2, -0.15) is 0 Å². The molecular weight excluding hydrogens is 324 g/mol. The third kappa shape index (κ3) is 4.35. The lowest BCUT2D eigenvalue weighted by molar-refractivity contribution is -0.288. The molecule has 2 rings (SSSR count). The molecule has 0 aromatic carbocycles. The van der Waals surface area contributed by atoms with Crippen LogP contribution in [0, 0.1) is 0 Å². The van der Waals surface area contributed by atoms with Crippen LogP contribution in [0.5, 0.6) is 0 Å². The second-order valence-electron chi connectivity index (χ2n) is 8.39. The van der Waals surface area contributed by atoms with Gasteiger partial charge in [0.15, 0.2) is 19.9 Å². The maximum atomic E-state index is 12.1. The Labute approximate surface area is 146 Å². The molecule has 1 N–H and O–H groups in total. The topological polar surface area (TPSA) is 65.0 Å². The van der Waals surface area contributed by atoms with E-state index in [4.69, 9.17) is 13.9 Å². The molecule has 2 atom stereocenters. The largest absolute Gasteiger partial charge is 0.417 e. The summed E-state index contributed by atoms with van der Waals surface area (Å²) >= 11 is 0. The predicted molar refractivity (Wildman–Crippen MR) is 95.1 cm³/mol. The summed E-state index contributed by atoms with van der Waals surface area (Å²) in [6.07, 6.45) is 6.32. The Bertz CT molecular complexity index is 496. The smallest absolute Gasteiger partial charge is 0.252 e. The van der Waals surface area contributed by atoms with Crippen LogP contribution in [0.15, 0.2) is 12.2 Å². The summed E-state index contributed by atoms with van der Waals surface area (Å²) in [5, 5.41) is 10.7. The summed E-state index contributed by atoms with van der Waals surface area (Å²) in [5.41, 5.74) is 0. The third-order valence-corrected chi connectivity index (χ3v) is 9.88. The van der Waals surface area contributed by atoms with E-state index in [1.807, 2.05) is 0 Å². The highest BCUT2D eigenvalue weighted by Gasteiger charge is 2.50. The molecule has 0 aliphatic carbocycles. The number of carbonyl (C=O) groups is 1. The molecule has 6 heteroatoms. The van der Waals surface area contributed by atoms with Gasteiger partial charge in [0.1, 0.15) is 0 Å². The summed E-state index contributed by atoms with van der Waals surface area (Å²) in [4.78, 5) is 12.1. The van der Waals surface area contributed by atoms with Crippen molar-refractivity contribution in [3.05, 3.63) is 12.2 Å². The SMILES string of the molecule is CC(C)(C)[Si](C)(C)OCCCCC1(O)C=CC2(OCCCC2=O)O1. The van der Waals surface area contributed by atoms with Gasteiger partial charge in [-0.25, -0.2) is 0 Å². The van der Waals surface area contributed by atoms with Gasteiger partial charge in [0.2, 0.25) is 0 Å². The van der Waals surface area contributed by atoms with Crippen molar-refractivity contribution in [2.75, 3.05) is 13.2 Å². The van der Waals surface area contributed by atoms with Gasteiger partial charge in [-0.05, 0) is 49.5 Å². The number of hydrogen-bond donors (Lipinski definition) is 1. The van der Waals surface area contributed by atoms with Gasteiger partial charge in [0.05, 0.1) is 6.61 Å². The Hall–Kier alpha value is -0.533. The standard InChI is InChI=1S/C18H32O5Si/c1-16(2,3)24(4,5)22-14-7-6-10-17(20)11-12-18(23-17)15(19)9-8-13-21-18/h11-12,20H,6-10,13-14H2,1-5H3. The summed E-state index contributed by atoms with van der Waals surface area (Å²) in [5.74, 6) is -2.88. The van der Waals surface area contributed by atoms with E-state index in [9.17, 15) is 9.90 Å². The van der Waals surface area contributed by atoms with Crippen molar-refractivity contribution < 1.29 is 23.8 Å². The third-order valence-electron chi connectivity index (χ3n) is 5.34. The van der Waals surface area contributed by atoms with Crippen LogP contribution in [-0.2, 0) is 18.7 Å². The molecule has 2 aliphatic heterocycles. The van der Waals surface area contributed by atoms with Gasteiger partial charge < -0.3 is 19.0 Å². The Kier molecular flexibility index (Phi) is 5.77. The van der Waals surface area contributed by atoms with Crippen LogP contribution in [0.1, 0.15) is 52.9 Å². The van der Waals surface area contributed by atoms with Crippen LogP contribution in [0.25, 0.3) is 0 Å². The van der Waals surface area contributed by atoms with Crippen molar-refractivity contribution in [3.8, 4) is 0 Å². The van der Waals surface area contributed by atoms with E-state index in [0.29, 0.717) is 32.5 Å². The number of hydrogen-bond acceptors (Lipinski definition) is 5. The second-order valence-corrected chi connectivity index (χ2v) is 13.2. The highest BCUT2D eigenvalue weighted by molar-refractivity contribution is 6.74. The van der Waals surface area contributed by atoms with Crippen molar-refractivity contribution in [1.82, 2.24) is 0 Å². The number of aliphatic hydroxyl groups is 1. The van der Waals surface area contributed by atoms with Crippen LogP contribution in [0.4, 0.5) is 0 Å². The number of unbranched alkanes of at least 4 members (excludes halogenated alkanes) is 1. The van der Waals surface area contributed by atoms with Crippen LogP contribution in [0.2, 0.25) is 18.1 Å². The summed E-state index contributed by atoms with van der Waals surface area (Å²) in [6, 6.07) is 0. The van der Waals surface area contributed by atoms with Gasteiger partial charge in [-0.3, -0.25) is 4.79 Å². The molecule has 1 saturated heterocycles. The van der Waals surface area contributed by atoms with E-state index in [1.54, 1.807) is 12.2 Å². The Morgan fingerprint density at radius 3 is 2.62 bits per heavy atom. The minimum Gasteiger partial charge on any atom is -0.417 e. The highest BCUT2D eigenvalue weighted by Crippen LogP contribution is 2.38.